The van der Waals surface area contributed by atoms with E-state index in [0.717, 1.165) is 12.5 Å². The van der Waals surface area contributed by atoms with Crippen LogP contribution in [0.2, 0.25) is 0 Å². The molecule has 0 atom stereocenters. The molecule has 0 aromatic heterocycles. The van der Waals surface area contributed by atoms with Crippen LogP contribution in [0.15, 0.2) is 28.7 Å². The van der Waals surface area contributed by atoms with Gasteiger partial charge in [-0.05, 0) is 43.2 Å². The van der Waals surface area contributed by atoms with Crippen LogP contribution in [-0.4, -0.2) is 6.54 Å². The van der Waals surface area contributed by atoms with Crippen LogP contribution < -0.4 is 5.73 Å². The Hall–Kier alpha value is -0.340. The minimum Gasteiger partial charge on any atom is -0.330 e. The molecule has 0 radical (unpaired) electrons. The number of rotatable bonds is 2. The van der Waals surface area contributed by atoms with Gasteiger partial charge in [0.05, 0.1) is 0 Å². The van der Waals surface area contributed by atoms with E-state index in [1.54, 1.807) is 0 Å². The van der Waals surface area contributed by atoms with E-state index in [1.165, 1.54) is 35.7 Å². The molecule has 1 aromatic rings. The molecule has 0 spiro atoms. The van der Waals surface area contributed by atoms with Crippen molar-refractivity contribution >= 4 is 15.9 Å². The molecule has 2 rings (SSSR count). The van der Waals surface area contributed by atoms with Crippen LogP contribution in [0.1, 0.15) is 38.2 Å². The highest BCUT2D eigenvalue weighted by molar-refractivity contribution is 9.10. The zero-order valence-corrected chi connectivity index (χ0v) is 11.5. The molecule has 1 fully saturated rings. The van der Waals surface area contributed by atoms with E-state index >= 15 is 0 Å². The van der Waals surface area contributed by atoms with Gasteiger partial charge < -0.3 is 5.73 Å². The van der Waals surface area contributed by atoms with Gasteiger partial charge in [-0.3, -0.25) is 0 Å². The first-order valence-electron chi connectivity index (χ1n) is 6.13. The number of nitrogens with two attached hydrogens (primary N) is 1. The van der Waals surface area contributed by atoms with Gasteiger partial charge in [0, 0.05) is 16.4 Å². The van der Waals surface area contributed by atoms with Gasteiger partial charge in [0.2, 0.25) is 0 Å². The van der Waals surface area contributed by atoms with Crippen molar-refractivity contribution in [1.82, 2.24) is 0 Å². The fourth-order valence-corrected chi connectivity index (χ4v) is 3.49. The predicted molar refractivity (Wildman–Crippen MR) is 72.5 cm³/mol. The van der Waals surface area contributed by atoms with Gasteiger partial charge >= 0.3 is 0 Å². The molecule has 0 unspecified atom stereocenters. The Kier molecular flexibility index (Phi) is 3.70. The number of halogens is 1. The molecule has 1 aliphatic carbocycles. The van der Waals surface area contributed by atoms with Crippen molar-refractivity contribution in [2.24, 2.45) is 11.7 Å². The first-order valence-corrected chi connectivity index (χ1v) is 6.92. The average Bonchev–Trinajstić information content (AvgIpc) is 2.32. The fraction of sp³-hybridized carbons (Fsp3) is 0.571. The molecule has 0 amide bonds. The van der Waals surface area contributed by atoms with Gasteiger partial charge in [0.1, 0.15) is 0 Å². The maximum atomic E-state index is 6.06. The summed E-state index contributed by atoms with van der Waals surface area (Å²) in [4.78, 5) is 0. The molecule has 1 nitrogen and oxygen atoms in total. The molecule has 2 N–H and O–H groups in total. The van der Waals surface area contributed by atoms with Crippen LogP contribution in [0, 0.1) is 5.92 Å². The SMILES string of the molecule is CC1CCC(CN)(c2ccccc2Br)CC1. The van der Waals surface area contributed by atoms with Crippen LogP contribution in [0.4, 0.5) is 0 Å². The second-order valence-corrected chi connectivity index (χ2v) is 6.00. The minimum atomic E-state index is 0.215. The summed E-state index contributed by atoms with van der Waals surface area (Å²) in [7, 11) is 0. The molecular weight excluding hydrogens is 262 g/mol. The zero-order chi connectivity index (χ0) is 11.6. The van der Waals surface area contributed by atoms with Crippen molar-refractivity contribution < 1.29 is 0 Å². The topological polar surface area (TPSA) is 26.0 Å². The number of hydrogen-bond acceptors (Lipinski definition) is 1. The summed E-state index contributed by atoms with van der Waals surface area (Å²) in [5.74, 6) is 0.863. The van der Waals surface area contributed by atoms with E-state index in [9.17, 15) is 0 Å². The first-order chi connectivity index (χ1) is 7.68. The molecule has 88 valence electrons. The summed E-state index contributed by atoms with van der Waals surface area (Å²) >= 11 is 3.67. The molecule has 0 saturated heterocycles. The molecule has 1 saturated carbocycles. The number of hydrogen-bond donors (Lipinski definition) is 1. The van der Waals surface area contributed by atoms with E-state index in [1.807, 2.05) is 0 Å². The third-order valence-corrected chi connectivity index (χ3v) is 4.76. The monoisotopic (exact) mass is 281 g/mol. The molecule has 1 aromatic carbocycles. The molecule has 0 heterocycles. The highest BCUT2D eigenvalue weighted by Gasteiger charge is 2.35. The highest BCUT2D eigenvalue weighted by atomic mass is 79.9. The van der Waals surface area contributed by atoms with Crippen LogP contribution in [0.5, 0.6) is 0 Å². The van der Waals surface area contributed by atoms with Crippen LogP contribution in [0.3, 0.4) is 0 Å². The maximum absolute atomic E-state index is 6.06. The largest absolute Gasteiger partial charge is 0.330 e. The smallest absolute Gasteiger partial charge is 0.0213 e. The van der Waals surface area contributed by atoms with Gasteiger partial charge in [0.15, 0.2) is 0 Å². The lowest BCUT2D eigenvalue weighted by atomic mass is 9.67. The molecule has 0 bridgehead atoms. The lowest BCUT2D eigenvalue weighted by Crippen LogP contribution is -2.38. The molecule has 16 heavy (non-hydrogen) atoms. The predicted octanol–water partition coefficient (Wildman–Crippen LogP) is 3.86. The molecular formula is C14H20BrN. The van der Waals surface area contributed by atoms with Crippen LogP contribution in [-0.2, 0) is 5.41 Å². The zero-order valence-electron chi connectivity index (χ0n) is 9.88. The fourth-order valence-electron chi connectivity index (χ4n) is 2.79. The summed E-state index contributed by atoms with van der Waals surface area (Å²) in [6.07, 6.45) is 5.07. The van der Waals surface area contributed by atoms with E-state index in [0.29, 0.717) is 0 Å². The van der Waals surface area contributed by atoms with Gasteiger partial charge in [-0.15, -0.1) is 0 Å². The van der Waals surface area contributed by atoms with Crippen molar-refractivity contribution in [3.63, 3.8) is 0 Å². The van der Waals surface area contributed by atoms with Crippen molar-refractivity contribution in [3.8, 4) is 0 Å². The quantitative estimate of drug-likeness (QED) is 0.876. The maximum Gasteiger partial charge on any atom is 0.0213 e. The summed E-state index contributed by atoms with van der Waals surface area (Å²) in [5.41, 5.74) is 7.69. The van der Waals surface area contributed by atoms with Crippen molar-refractivity contribution in [2.75, 3.05) is 6.54 Å². The molecule has 0 aliphatic heterocycles. The highest BCUT2D eigenvalue weighted by Crippen LogP contribution is 2.43. The number of benzene rings is 1. The summed E-state index contributed by atoms with van der Waals surface area (Å²) in [6, 6.07) is 8.55. The van der Waals surface area contributed by atoms with Gasteiger partial charge in [-0.2, -0.15) is 0 Å². The van der Waals surface area contributed by atoms with Crippen molar-refractivity contribution in [3.05, 3.63) is 34.3 Å². The van der Waals surface area contributed by atoms with Crippen LogP contribution >= 0.6 is 15.9 Å². The summed E-state index contributed by atoms with van der Waals surface area (Å²) in [6.45, 7) is 3.11. The average molecular weight is 282 g/mol. The first kappa shape index (κ1) is 12.1. The van der Waals surface area contributed by atoms with E-state index in [-0.39, 0.29) is 5.41 Å². The molecule has 2 heteroatoms. The van der Waals surface area contributed by atoms with Gasteiger partial charge in [-0.25, -0.2) is 0 Å². The Morgan fingerprint density at radius 1 is 1.31 bits per heavy atom. The van der Waals surface area contributed by atoms with Gasteiger partial charge in [0.25, 0.3) is 0 Å². The lowest BCUT2D eigenvalue weighted by Gasteiger charge is -2.39. The lowest BCUT2D eigenvalue weighted by molar-refractivity contribution is 0.247. The third-order valence-electron chi connectivity index (χ3n) is 4.07. The van der Waals surface area contributed by atoms with Crippen molar-refractivity contribution in [1.29, 1.82) is 0 Å². The Balaban J connectivity index is 2.32. The summed E-state index contributed by atoms with van der Waals surface area (Å²) < 4.78 is 1.22. The van der Waals surface area contributed by atoms with E-state index in [2.05, 4.69) is 47.1 Å². The minimum absolute atomic E-state index is 0.215. The Bertz CT molecular complexity index is 354. The van der Waals surface area contributed by atoms with E-state index < -0.39 is 0 Å². The van der Waals surface area contributed by atoms with Crippen LogP contribution in [0.25, 0.3) is 0 Å². The third kappa shape index (κ3) is 2.18. The van der Waals surface area contributed by atoms with Gasteiger partial charge in [-0.1, -0.05) is 41.1 Å². The standard InChI is InChI=1S/C14H20BrN/c1-11-6-8-14(10-16,9-7-11)12-4-2-3-5-13(12)15/h2-5,11H,6-10,16H2,1H3. The normalized spacial score (nSPS) is 30.3. The second-order valence-electron chi connectivity index (χ2n) is 5.15. The molecule has 1 aliphatic rings. The Morgan fingerprint density at radius 3 is 2.50 bits per heavy atom. The Labute approximate surface area is 107 Å². The van der Waals surface area contributed by atoms with E-state index in [4.69, 9.17) is 5.73 Å². The second kappa shape index (κ2) is 4.89. The van der Waals surface area contributed by atoms with Crippen molar-refractivity contribution in [2.45, 2.75) is 38.0 Å². The Morgan fingerprint density at radius 2 is 1.94 bits per heavy atom. The summed E-state index contributed by atoms with van der Waals surface area (Å²) in [5, 5.41) is 0.